The van der Waals surface area contributed by atoms with Gasteiger partial charge in [0.15, 0.2) is 11.0 Å². The summed E-state index contributed by atoms with van der Waals surface area (Å²) in [7, 11) is 0. The molecule has 0 saturated heterocycles. The lowest BCUT2D eigenvalue weighted by Gasteiger charge is -2.10. The van der Waals surface area contributed by atoms with Crippen LogP contribution in [-0.4, -0.2) is 21.7 Å². The van der Waals surface area contributed by atoms with Crippen molar-refractivity contribution in [2.75, 3.05) is 5.32 Å². The van der Waals surface area contributed by atoms with Gasteiger partial charge in [-0.05, 0) is 75.2 Å². The number of carbonyl (C=O) groups is 1. The molecule has 0 radical (unpaired) electrons. The zero-order valence-electron chi connectivity index (χ0n) is 16.9. The molecule has 0 aliphatic heterocycles. The highest BCUT2D eigenvalue weighted by Gasteiger charge is 2.29. The van der Waals surface area contributed by atoms with E-state index in [1.807, 2.05) is 38.1 Å². The number of hydrogen-bond donors (Lipinski definition) is 3. The minimum absolute atomic E-state index is 0.0985. The second-order valence-electron chi connectivity index (χ2n) is 7.06. The molecule has 7 nitrogen and oxygen atoms in total. The second-order valence-corrected chi connectivity index (χ2v) is 8.10. The van der Waals surface area contributed by atoms with E-state index in [-0.39, 0.29) is 11.8 Å². The topological polar surface area (TPSA) is 119 Å². The van der Waals surface area contributed by atoms with Crippen molar-refractivity contribution in [2.45, 2.75) is 50.1 Å². The molecule has 1 saturated carbocycles. The van der Waals surface area contributed by atoms with Gasteiger partial charge in [0.25, 0.3) is 0 Å². The third-order valence-electron chi connectivity index (χ3n) is 4.41. The molecule has 1 fully saturated rings. The maximum absolute atomic E-state index is 11.9. The first-order chi connectivity index (χ1) is 13.9. The number of anilines is 1. The van der Waals surface area contributed by atoms with Crippen LogP contribution in [0.3, 0.4) is 0 Å². The number of aromatic nitrogens is 2. The number of amidine groups is 1. The Bertz CT molecular complexity index is 960. The van der Waals surface area contributed by atoms with E-state index in [0.29, 0.717) is 22.5 Å². The quantitative estimate of drug-likeness (QED) is 0.364. The Morgan fingerprint density at radius 2 is 1.97 bits per heavy atom. The van der Waals surface area contributed by atoms with E-state index in [4.69, 9.17) is 11.5 Å². The van der Waals surface area contributed by atoms with Crippen LogP contribution in [0.25, 0.3) is 0 Å². The Kier molecular flexibility index (Phi) is 6.53. The van der Waals surface area contributed by atoms with Crippen molar-refractivity contribution in [1.82, 2.24) is 9.97 Å². The number of nitrogens with two attached hydrogens (primary N) is 2. The first kappa shape index (κ1) is 20.9. The highest BCUT2D eigenvalue weighted by molar-refractivity contribution is 7.99. The summed E-state index contributed by atoms with van der Waals surface area (Å²) in [5, 5.41) is 3.53. The number of aryl methyl sites for hydroxylation is 1. The van der Waals surface area contributed by atoms with Crippen LogP contribution in [0.4, 0.5) is 11.5 Å². The molecule has 1 amide bonds. The highest BCUT2D eigenvalue weighted by atomic mass is 32.2. The first-order valence-electron chi connectivity index (χ1n) is 9.60. The van der Waals surface area contributed by atoms with Crippen LogP contribution in [0.5, 0.6) is 0 Å². The van der Waals surface area contributed by atoms with Crippen LogP contribution in [0.1, 0.15) is 37.9 Å². The Morgan fingerprint density at radius 3 is 2.55 bits per heavy atom. The molecule has 2 aromatic rings. The fourth-order valence-electron chi connectivity index (χ4n) is 2.80. The molecule has 8 heteroatoms. The number of aliphatic imine (C=N–C) groups is 1. The zero-order valence-corrected chi connectivity index (χ0v) is 17.7. The van der Waals surface area contributed by atoms with E-state index in [1.54, 1.807) is 13.0 Å². The number of benzene rings is 1. The number of carbonyl (C=O) groups excluding carboxylic acids is 1. The van der Waals surface area contributed by atoms with Gasteiger partial charge in [-0.2, -0.15) is 0 Å². The van der Waals surface area contributed by atoms with Gasteiger partial charge in [0.05, 0.1) is 0 Å². The lowest BCUT2D eigenvalue weighted by Crippen LogP contribution is -2.12. The van der Waals surface area contributed by atoms with Crippen molar-refractivity contribution in [3.63, 3.8) is 0 Å². The lowest BCUT2D eigenvalue weighted by atomic mass is 10.2. The van der Waals surface area contributed by atoms with Crippen LogP contribution in [0, 0.1) is 12.8 Å². The van der Waals surface area contributed by atoms with Crippen LogP contribution in [0.15, 0.2) is 51.1 Å². The molecule has 1 aromatic carbocycles. The third-order valence-corrected chi connectivity index (χ3v) is 5.29. The van der Waals surface area contributed by atoms with Gasteiger partial charge in [0.1, 0.15) is 5.84 Å². The monoisotopic (exact) mass is 410 g/mol. The number of nitrogens with zero attached hydrogens (tertiary/aromatic N) is 3. The fraction of sp³-hybridized carbons (Fsp3) is 0.333. The van der Waals surface area contributed by atoms with Crippen molar-refractivity contribution in [3.8, 4) is 0 Å². The minimum atomic E-state index is 0.0985. The van der Waals surface area contributed by atoms with Crippen molar-refractivity contribution in [1.29, 1.82) is 0 Å². The van der Waals surface area contributed by atoms with Gasteiger partial charge < -0.3 is 16.8 Å². The molecule has 1 aromatic heterocycles. The molecule has 152 valence electrons. The number of rotatable bonds is 7. The lowest BCUT2D eigenvalue weighted by molar-refractivity contribution is -0.117. The normalized spacial score (nSPS) is 14.7. The first-order valence-corrected chi connectivity index (χ1v) is 10.4. The van der Waals surface area contributed by atoms with Gasteiger partial charge >= 0.3 is 0 Å². The number of hydrogen-bond acceptors (Lipinski definition) is 6. The van der Waals surface area contributed by atoms with E-state index in [2.05, 4.69) is 20.3 Å². The van der Waals surface area contributed by atoms with Gasteiger partial charge in [0.2, 0.25) is 5.91 Å². The maximum atomic E-state index is 11.9. The molecule has 5 N–H and O–H groups in total. The van der Waals surface area contributed by atoms with Crippen molar-refractivity contribution >= 4 is 35.0 Å². The summed E-state index contributed by atoms with van der Waals surface area (Å²) in [5.74, 6) is 1.15. The minimum Gasteiger partial charge on any atom is -0.402 e. The molecule has 1 heterocycles. The van der Waals surface area contributed by atoms with Crippen LogP contribution >= 0.6 is 11.8 Å². The average Bonchev–Trinajstić information content (AvgIpc) is 3.48. The Labute approximate surface area is 175 Å². The van der Waals surface area contributed by atoms with E-state index in [1.165, 1.54) is 11.8 Å². The molecule has 0 spiro atoms. The SMILES string of the molecule is CCc1c(C)nc(Sc2ccc(NC(=O)C3CC3)cc2)nc1N=C(N)/C=C(/C)N. The maximum Gasteiger partial charge on any atom is 0.227 e. The summed E-state index contributed by atoms with van der Waals surface area (Å²) in [6, 6.07) is 7.67. The Morgan fingerprint density at radius 1 is 1.28 bits per heavy atom. The molecule has 0 atom stereocenters. The molecule has 1 aliphatic rings. The van der Waals surface area contributed by atoms with E-state index >= 15 is 0 Å². The van der Waals surface area contributed by atoms with Gasteiger partial charge in [-0.25, -0.2) is 15.0 Å². The molecule has 3 rings (SSSR count). The summed E-state index contributed by atoms with van der Waals surface area (Å²) in [5.41, 5.74) is 14.8. The number of allylic oxidation sites excluding steroid dienone is 1. The molecule has 0 unspecified atom stereocenters. The zero-order chi connectivity index (χ0) is 21.0. The van der Waals surface area contributed by atoms with E-state index in [0.717, 1.165) is 41.1 Å². The number of amides is 1. The van der Waals surface area contributed by atoms with E-state index in [9.17, 15) is 4.79 Å². The fourth-order valence-corrected chi connectivity index (χ4v) is 3.59. The van der Waals surface area contributed by atoms with Crippen molar-refractivity contribution < 1.29 is 4.79 Å². The Balaban J connectivity index is 1.79. The largest absolute Gasteiger partial charge is 0.402 e. The highest BCUT2D eigenvalue weighted by Crippen LogP contribution is 2.32. The standard InChI is InChI=1S/C21H26N6OS/c1-4-17-13(3)24-21(27-19(17)26-18(23)11-12(2)22)29-16-9-7-15(8-10-16)25-20(28)14-5-6-14/h7-11,14H,4-6,22H2,1-3H3,(H,25,28)(H2,23,24,26,27)/b12-11-. The van der Waals surface area contributed by atoms with Gasteiger partial charge in [-0.3, -0.25) is 4.79 Å². The van der Waals surface area contributed by atoms with Crippen LogP contribution in [0.2, 0.25) is 0 Å². The summed E-state index contributed by atoms with van der Waals surface area (Å²) in [6.07, 6.45) is 4.34. The van der Waals surface area contributed by atoms with Crippen molar-refractivity contribution in [2.24, 2.45) is 22.4 Å². The summed E-state index contributed by atoms with van der Waals surface area (Å²) < 4.78 is 0. The average molecular weight is 411 g/mol. The van der Waals surface area contributed by atoms with Gasteiger partial charge in [-0.15, -0.1) is 0 Å². The smallest absolute Gasteiger partial charge is 0.227 e. The molecule has 0 bridgehead atoms. The summed E-state index contributed by atoms with van der Waals surface area (Å²) in [6.45, 7) is 5.74. The number of nitrogens with one attached hydrogen (secondary N) is 1. The van der Waals surface area contributed by atoms with Gasteiger partial charge in [-0.1, -0.05) is 6.92 Å². The summed E-state index contributed by atoms with van der Waals surface area (Å²) in [4.78, 5) is 26.5. The predicted molar refractivity (Wildman–Crippen MR) is 117 cm³/mol. The Hall–Kier alpha value is -2.87. The summed E-state index contributed by atoms with van der Waals surface area (Å²) >= 11 is 1.44. The predicted octanol–water partition coefficient (Wildman–Crippen LogP) is 3.70. The van der Waals surface area contributed by atoms with Gasteiger partial charge in [0, 0.05) is 33.5 Å². The van der Waals surface area contributed by atoms with E-state index < -0.39 is 0 Å². The third kappa shape index (κ3) is 5.80. The van der Waals surface area contributed by atoms with Crippen LogP contribution < -0.4 is 16.8 Å². The van der Waals surface area contributed by atoms with Crippen LogP contribution in [-0.2, 0) is 11.2 Å². The molecule has 1 aliphatic carbocycles. The molecular formula is C21H26N6OS. The second kappa shape index (κ2) is 9.09. The van der Waals surface area contributed by atoms with Crippen molar-refractivity contribution in [3.05, 3.63) is 47.3 Å². The molecule has 29 heavy (non-hydrogen) atoms. The molecular weight excluding hydrogens is 384 g/mol.